The lowest BCUT2D eigenvalue weighted by Gasteiger charge is -2.23. The van der Waals surface area contributed by atoms with Crippen molar-refractivity contribution in [3.8, 4) is 0 Å². The van der Waals surface area contributed by atoms with E-state index in [1.165, 1.54) is 43.4 Å². The molecule has 0 saturated heterocycles. The van der Waals surface area contributed by atoms with Crippen LogP contribution in [0.25, 0.3) is 0 Å². The fourth-order valence-corrected chi connectivity index (χ4v) is 4.20. The van der Waals surface area contributed by atoms with E-state index >= 15 is 0 Å². The van der Waals surface area contributed by atoms with Crippen LogP contribution in [-0.2, 0) is 6.54 Å². The van der Waals surface area contributed by atoms with Crippen molar-refractivity contribution in [1.29, 1.82) is 0 Å². The smallest absolute Gasteiger partial charge is 0.324 e. The van der Waals surface area contributed by atoms with Crippen LogP contribution in [0, 0.1) is 6.92 Å². The van der Waals surface area contributed by atoms with Crippen molar-refractivity contribution < 1.29 is 9.21 Å². The Kier molecular flexibility index (Phi) is 6.84. The minimum absolute atomic E-state index is 0.169. The Morgan fingerprint density at radius 2 is 2.00 bits per heavy atom. The highest BCUT2D eigenvalue weighted by Gasteiger charge is 2.22. The summed E-state index contributed by atoms with van der Waals surface area (Å²) in [6.07, 6.45) is 6.18. The van der Waals surface area contributed by atoms with Gasteiger partial charge in [-0.05, 0) is 46.0 Å². The summed E-state index contributed by atoms with van der Waals surface area (Å²) in [5.41, 5.74) is 0. The average molecular weight is 392 g/mol. The minimum Gasteiger partial charge on any atom is -0.464 e. The molecule has 1 aliphatic carbocycles. The maximum atomic E-state index is 12.8. The first-order chi connectivity index (χ1) is 13.0. The van der Waals surface area contributed by atoms with Gasteiger partial charge in [-0.3, -0.25) is 5.32 Å². The second kappa shape index (κ2) is 9.32. The normalized spacial score (nSPS) is 15.3. The predicted molar refractivity (Wildman–Crippen MR) is 107 cm³/mol. The molecule has 2 aromatic heterocycles. The summed E-state index contributed by atoms with van der Waals surface area (Å²) in [4.78, 5) is 16.6. The lowest BCUT2D eigenvalue weighted by atomic mass is 9.90. The quantitative estimate of drug-likeness (QED) is 0.770. The van der Waals surface area contributed by atoms with E-state index in [0.717, 1.165) is 23.1 Å². The van der Waals surface area contributed by atoms with Gasteiger partial charge < -0.3 is 14.2 Å². The van der Waals surface area contributed by atoms with Gasteiger partial charge in [0, 0.05) is 19.0 Å². The van der Waals surface area contributed by atoms with E-state index in [0.29, 0.717) is 24.1 Å². The van der Waals surface area contributed by atoms with E-state index in [-0.39, 0.29) is 6.03 Å². The molecule has 2 amide bonds. The molecule has 8 heteroatoms. The standard InChI is InChI=1S/C19H29N5O2S/c1-14-9-10-16(26-14)13-24(12-11-23(2)3)19(25)20-18-22-21-17(27-18)15-7-5-4-6-8-15/h9-10,15H,4-8,11-13H2,1-3H3,(H,20,22,25). The van der Waals surface area contributed by atoms with Crippen LogP contribution in [-0.4, -0.2) is 53.2 Å². The zero-order chi connectivity index (χ0) is 19.2. The number of carbonyl (C=O) groups excluding carboxylic acids is 1. The van der Waals surface area contributed by atoms with Crippen molar-refractivity contribution in [2.45, 2.75) is 51.5 Å². The molecule has 2 heterocycles. The molecule has 0 aromatic carbocycles. The van der Waals surface area contributed by atoms with Gasteiger partial charge in [-0.2, -0.15) is 0 Å². The van der Waals surface area contributed by atoms with Crippen LogP contribution in [0.15, 0.2) is 16.5 Å². The maximum absolute atomic E-state index is 12.8. The van der Waals surface area contributed by atoms with Gasteiger partial charge in [0.15, 0.2) is 0 Å². The topological polar surface area (TPSA) is 74.5 Å². The number of likely N-dealkylation sites (N-methyl/N-ethyl adjacent to an activating group) is 1. The van der Waals surface area contributed by atoms with Crippen molar-refractivity contribution in [2.24, 2.45) is 0 Å². The van der Waals surface area contributed by atoms with Crippen molar-refractivity contribution >= 4 is 22.5 Å². The number of amides is 2. The van der Waals surface area contributed by atoms with Crippen LogP contribution in [0.4, 0.5) is 9.93 Å². The van der Waals surface area contributed by atoms with E-state index < -0.39 is 0 Å². The zero-order valence-corrected chi connectivity index (χ0v) is 17.2. The number of rotatable bonds is 7. The zero-order valence-electron chi connectivity index (χ0n) is 16.4. The first-order valence-electron chi connectivity index (χ1n) is 9.60. The Balaban J connectivity index is 1.63. The number of aryl methyl sites for hydroxylation is 1. The summed E-state index contributed by atoms with van der Waals surface area (Å²) in [5, 5.41) is 13.1. The van der Waals surface area contributed by atoms with Crippen LogP contribution >= 0.6 is 11.3 Å². The molecule has 0 spiro atoms. The third kappa shape index (κ3) is 5.77. The van der Waals surface area contributed by atoms with E-state index in [9.17, 15) is 4.79 Å². The third-order valence-electron chi connectivity index (χ3n) is 4.86. The second-order valence-corrected chi connectivity index (χ2v) is 8.46. The molecule has 27 heavy (non-hydrogen) atoms. The molecule has 7 nitrogen and oxygen atoms in total. The van der Waals surface area contributed by atoms with Crippen molar-refractivity contribution in [2.75, 3.05) is 32.5 Å². The Hall–Kier alpha value is -1.93. The van der Waals surface area contributed by atoms with E-state index in [1.54, 1.807) is 4.90 Å². The van der Waals surface area contributed by atoms with Crippen LogP contribution in [0.5, 0.6) is 0 Å². The van der Waals surface area contributed by atoms with Crippen molar-refractivity contribution in [3.05, 3.63) is 28.7 Å². The molecule has 0 unspecified atom stereocenters. The minimum atomic E-state index is -0.169. The fraction of sp³-hybridized carbons (Fsp3) is 0.632. The number of urea groups is 1. The van der Waals surface area contributed by atoms with Gasteiger partial charge in [-0.1, -0.05) is 30.6 Å². The number of carbonyl (C=O) groups is 1. The van der Waals surface area contributed by atoms with Gasteiger partial charge in [0.25, 0.3) is 0 Å². The highest BCUT2D eigenvalue weighted by Crippen LogP contribution is 2.35. The van der Waals surface area contributed by atoms with E-state index in [4.69, 9.17) is 4.42 Å². The molecule has 148 valence electrons. The van der Waals surface area contributed by atoms with Crippen LogP contribution < -0.4 is 5.32 Å². The Bertz CT molecular complexity index is 736. The monoisotopic (exact) mass is 391 g/mol. The molecule has 0 bridgehead atoms. The van der Waals surface area contributed by atoms with Crippen molar-refractivity contribution in [3.63, 3.8) is 0 Å². The Morgan fingerprint density at radius 3 is 2.67 bits per heavy atom. The number of furan rings is 1. The van der Waals surface area contributed by atoms with E-state index in [1.807, 2.05) is 33.2 Å². The lowest BCUT2D eigenvalue weighted by molar-refractivity contribution is 0.196. The predicted octanol–water partition coefficient (Wildman–Crippen LogP) is 4.08. The van der Waals surface area contributed by atoms with Crippen molar-refractivity contribution in [1.82, 2.24) is 20.0 Å². The molecule has 0 atom stereocenters. The Labute approximate surface area is 164 Å². The number of nitrogens with zero attached hydrogens (tertiary/aromatic N) is 4. The summed E-state index contributed by atoms with van der Waals surface area (Å²) in [6.45, 7) is 3.72. The number of aromatic nitrogens is 2. The molecule has 0 aliphatic heterocycles. The van der Waals surface area contributed by atoms with Gasteiger partial charge in [-0.25, -0.2) is 4.79 Å². The third-order valence-corrected chi connectivity index (χ3v) is 5.86. The summed E-state index contributed by atoms with van der Waals surface area (Å²) < 4.78 is 5.64. The second-order valence-electron chi connectivity index (χ2n) is 7.45. The van der Waals surface area contributed by atoms with Crippen LogP contribution in [0.1, 0.15) is 54.6 Å². The van der Waals surface area contributed by atoms with Gasteiger partial charge in [0.2, 0.25) is 5.13 Å². The SMILES string of the molecule is Cc1ccc(CN(CCN(C)C)C(=O)Nc2nnc(C3CCCCC3)s2)o1. The van der Waals surface area contributed by atoms with Crippen LogP contribution in [0.3, 0.4) is 0 Å². The van der Waals surface area contributed by atoms with E-state index in [2.05, 4.69) is 20.4 Å². The highest BCUT2D eigenvalue weighted by molar-refractivity contribution is 7.15. The Morgan fingerprint density at radius 1 is 1.22 bits per heavy atom. The molecule has 3 rings (SSSR count). The maximum Gasteiger partial charge on any atom is 0.324 e. The van der Waals surface area contributed by atoms with Gasteiger partial charge in [0.1, 0.15) is 16.5 Å². The first-order valence-corrected chi connectivity index (χ1v) is 10.4. The lowest BCUT2D eigenvalue weighted by Crippen LogP contribution is -2.38. The number of nitrogens with one attached hydrogen (secondary N) is 1. The van der Waals surface area contributed by atoms with Crippen LogP contribution in [0.2, 0.25) is 0 Å². The number of hydrogen-bond donors (Lipinski definition) is 1. The fourth-order valence-electron chi connectivity index (χ4n) is 3.30. The number of hydrogen-bond acceptors (Lipinski definition) is 6. The molecule has 1 saturated carbocycles. The first kappa shape index (κ1) is 19.8. The van der Waals surface area contributed by atoms with Gasteiger partial charge >= 0.3 is 6.03 Å². The highest BCUT2D eigenvalue weighted by atomic mass is 32.1. The van der Waals surface area contributed by atoms with Gasteiger partial charge in [0.05, 0.1) is 6.54 Å². The number of anilines is 1. The molecular formula is C19H29N5O2S. The largest absolute Gasteiger partial charge is 0.464 e. The summed E-state index contributed by atoms with van der Waals surface area (Å²) in [7, 11) is 3.99. The summed E-state index contributed by atoms with van der Waals surface area (Å²) in [6, 6.07) is 3.66. The molecule has 0 radical (unpaired) electrons. The molecular weight excluding hydrogens is 362 g/mol. The molecule has 1 aliphatic rings. The summed E-state index contributed by atoms with van der Waals surface area (Å²) >= 11 is 1.51. The molecule has 2 aromatic rings. The average Bonchev–Trinajstić information content (AvgIpc) is 3.28. The molecule has 1 N–H and O–H groups in total. The van der Waals surface area contributed by atoms with Gasteiger partial charge in [-0.15, -0.1) is 10.2 Å². The molecule has 1 fully saturated rings. The summed E-state index contributed by atoms with van der Waals surface area (Å²) in [5.74, 6) is 2.12.